The first-order valence-corrected chi connectivity index (χ1v) is 13.9. The van der Waals surface area contributed by atoms with Crippen molar-refractivity contribution in [3.8, 4) is 0 Å². The molecule has 0 saturated carbocycles. The van der Waals surface area contributed by atoms with Gasteiger partial charge in [0, 0.05) is 6.42 Å². The van der Waals surface area contributed by atoms with Crippen molar-refractivity contribution in [1.82, 2.24) is 4.57 Å². The molecule has 0 aromatic carbocycles. The zero-order valence-corrected chi connectivity index (χ0v) is 21.1. The zero-order valence-electron chi connectivity index (χ0n) is 21.1. The lowest BCUT2D eigenvalue weighted by Gasteiger charge is -2.06. The molecule has 0 atom stereocenters. The van der Waals surface area contributed by atoms with Crippen LogP contribution in [0, 0.1) is 0 Å². The van der Waals surface area contributed by atoms with Gasteiger partial charge < -0.3 is 0 Å². The van der Waals surface area contributed by atoms with Gasteiger partial charge in [0.25, 0.3) is 5.82 Å². The summed E-state index contributed by atoms with van der Waals surface area (Å²) < 4.78 is 5.10. The average molecular weight is 420 g/mol. The Labute approximate surface area is 189 Å². The minimum Gasteiger partial charge on any atom is -0.234 e. The average Bonchev–Trinajstić information content (AvgIpc) is 3.13. The number of imidazole rings is 1. The first kappa shape index (κ1) is 27.2. The molecule has 1 aromatic heterocycles. The second kappa shape index (κ2) is 20.1. The van der Waals surface area contributed by atoms with E-state index < -0.39 is 0 Å². The summed E-state index contributed by atoms with van der Waals surface area (Å²) in [6, 6.07) is 0. The fourth-order valence-electron chi connectivity index (χ4n) is 4.62. The molecule has 0 amide bonds. The Kier molecular flexibility index (Phi) is 18.3. The molecule has 0 N–H and O–H groups in total. The van der Waals surface area contributed by atoms with Crippen LogP contribution < -0.4 is 4.57 Å². The first-order chi connectivity index (χ1) is 14.8. The highest BCUT2D eigenvalue weighted by atomic mass is 15.1. The zero-order chi connectivity index (χ0) is 21.7. The molecule has 2 nitrogen and oxygen atoms in total. The molecular formula is C28H55N2+. The summed E-state index contributed by atoms with van der Waals surface area (Å²) in [6.07, 6.45) is 32.7. The minimum atomic E-state index is 1.18. The van der Waals surface area contributed by atoms with Crippen molar-refractivity contribution < 1.29 is 4.57 Å². The molecule has 0 bridgehead atoms. The van der Waals surface area contributed by atoms with E-state index in [1.54, 1.807) is 5.82 Å². The Balaban J connectivity index is 2.20. The standard InChI is InChI=1S/C28H55N2/c1-4-7-9-11-13-15-16-18-20-22-25-30-27-26-29(24-6-3)28(30)23-21-19-17-14-12-10-8-5-2/h26-27H,4-25H2,1-3H3/q+1. The maximum atomic E-state index is 2.57. The van der Waals surface area contributed by atoms with Crippen LogP contribution in [0.25, 0.3) is 0 Å². The molecule has 0 saturated heterocycles. The SMILES string of the molecule is CCCCCCCCCCCCn1cc[n+](CCC)c1CCCCCCCCCC. The minimum absolute atomic E-state index is 1.18. The van der Waals surface area contributed by atoms with E-state index >= 15 is 0 Å². The Morgan fingerprint density at radius 2 is 1.03 bits per heavy atom. The predicted octanol–water partition coefficient (Wildman–Crippen LogP) is 8.79. The topological polar surface area (TPSA) is 8.81 Å². The third-order valence-corrected chi connectivity index (χ3v) is 6.56. The van der Waals surface area contributed by atoms with Gasteiger partial charge >= 0.3 is 0 Å². The van der Waals surface area contributed by atoms with E-state index in [1.165, 1.54) is 142 Å². The Morgan fingerprint density at radius 3 is 1.53 bits per heavy atom. The molecule has 0 aliphatic heterocycles. The third-order valence-electron chi connectivity index (χ3n) is 6.56. The number of hydrogen-bond donors (Lipinski definition) is 0. The summed E-state index contributed by atoms with van der Waals surface area (Å²) >= 11 is 0. The van der Waals surface area contributed by atoms with Crippen LogP contribution in [0.4, 0.5) is 0 Å². The Morgan fingerprint density at radius 1 is 0.567 bits per heavy atom. The molecule has 0 aliphatic rings. The smallest absolute Gasteiger partial charge is 0.234 e. The predicted molar refractivity (Wildman–Crippen MR) is 133 cm³/mol. The van der Waals surface area contributed by atoms with E-state index in [9.17, 15) is 0 Å². The van der Waals surface area contributed by atoms with Crippen molar-refractivity contribution in [2.45, 2.75) is 162 Å². The summed E-state index contributed by atoms with van der Waals surface area (Å²) in [5, 5.41) is 0. The van der Waals surface area contributed by atoms with Crippen LogP contribution in [0.3, 0.4) is 0 Å². The molecule has 1 aromatic rings. The monoisotopic (exact) mass is 419 g/mol. The van der Waals surface area contributed by atoms with Gasteiger partial charge in [-0.3, -0.25) is 0 Å². The summed E-state index contributed by atoms with van der Waals surface area (Å²) in [5.74, 6) is 1.58. The molecule has 0 fully saturated rings. The van der Waals surface area contributed by atoms with Crippen molar-refractivity contribution >= 4 is 0 Å². The second-order valence-electron chi connectivity index (χ2n) is 9.51. The molecule has 0 unspecified atom stereocenters. The highest BCUT2D eigenvalue weighted by molar-refractivity contribution is 4.84. The van der Waals surface area contributed by atoms with Gasteiger partial charge in [-0.15, -0.1) is 0 Å². The van der Waals surface area contributed by atoms with E-state index in [0.717, 1.165) is 0 Å². The molecule has 2 heteroatoms. The van der Waals surface area contributed by atoms with Crippen LogP contribution in [0.5, 0.6) is 0 Å². The summed E-state index contributed by atoms with van der Waals surface area (Å²) in [5.41, 5.74) is 0. The second-order valence-corrected chi connectivity index (χ2v) is 9.51. The van der Waals surface area contributed by atoms with Gasteiger partial charge in [0.15, 0.2) is 0 Å². The molecule has 0 aliphatic carbocycles. The van der Waals surface area contributed by atoms with Crippen LogP contribution in [0.2, 0.25) is 0 Å². The first-order valence-electron chi connectivity index (χ1n) is 13.9. The van der Waals surface area contributed by atoms with Gasteiger partial charge in [-0.1, -0.05) is 117 Å². The highest BCUT2D eigenvalue weighted by Crippen LogP contribution is 2.13. The molecular weight excluding hydrogens is 364 g/mol. The van der Waals surface area contributed by atoms with Gasteiger partial charge in [-0.05, 0) is 25.7 Å². The third kappa shape index (κ3) is 13.5. The van der Waals surface area contributed by atoms with Crippen LogP contribution in [-0.2, 0) is 19.5 Å². The van der Waals surface area contributed by atoms with Crippen LogP contribution in [-0.4, -0.2) is 4.57 Å². The molecule has 1 rings (SSSR count). The number of aromatic nitrogens is 2. The quantitative estimate of drug-likeness (QED) is 0.131. The normalized spacial score (nSPS) is 11.4. The van der Waals surface area contributed by atoms with E-state index in [4.69, 9.17) is 0 Å². The maximum Gasteiger partial charge on any atom is 0.256 e. The Bertz CT molecular complexity index is 477. The Hall–Kier alpha value is -0.790. The van der Waals surface area contributed by atoms with Gasteiger partial charge in [0.2, 0.25) is 0 Å². The number of aryl methyl sites for hydroxylation is 2. The van der Waals surface area contributed by atoms with Crippen LogP contribution in [0.15, 0.2) is 12.4 Å². The summed E-state index contributed by atoms with van der Waals surface area (Å²) in [4.78, 5) is 0. The fraction of sp³-hybridized carbons (Fsp3) is 0.893. The van der Waals surface area contributed by atoms with Crippen molar-refractivity contribution in [3.63, 3.8) is 0 Å². The number of unbranched alkanes of at least 4 members (excludes halogenated alkanes) is 16. The molecule has 30 heavy (non-hydrogen) atoms. The lowest BCUT2D eigenvalue weighted by molar-refractivity contribution is -0.703. The number of nitrogens with zero attached hydrogens (tertiary/aromatic N) is 2. The number of rotatable bonds is 22. The molecule has 176 valence electrons. The van der Waals surface area contributed by atoms with E-state index in [1.807, 2.05) is 0 Å². The highest BCUT2D eigenvalue weighted by Gasteiger charge is 2.15. The van der Waals surface area contributed by atoms with E-state index in [0.29, 0.717) is 0 Å². The van der Waals surface area contributed by atoms with Crippen LogP contribution >= 0.6 is 0 Å². The van der Waals surface area contributed by atoms with Gasteiger partial charge in [0.05, 0.1) is 13.1 Å². The number of hydrogen-bond acceptors (Lipinski definition) is 0. The van der Waals surface area contributed by atoms with E-state index in [2.05, 4.69) is 42.3 Å². The summed E-state index contributed by atoms with van der Waals surface area (Å²) in [6.45, 7) is 9.30. The van der Waals surface area contributed by atoms with Crippen molar-refractivity contribution in [2.24, 2.45) is 0 Å². The molecule has 0 spiro atoms. The van der Waals surface area contributed by atoms with Crippen molar-refractivity contribution in [2.75, 3.05) is 0 Å². The lowest BCUT2D eigenvalue weighted by Crippen LogP contribution is -2.37. The summed E-state index contributed by atoms with van der Waals surface area (Å²) in [7, 11) is 0. The maximum absolute atomic E-state index is 2.57. The molecule has 1 heterocycles. The largest absolute Gasteiger partial charge is 0.256 e. The van der Waals surface area contributed by atoms with Crippen LogP contribution in [0.1, 0.15) is 149 Å². The lowest BCUT2D eigenvalue weighted by atomic mass is 10.1. The van der Waals surface area contributed by atoms with E-state index in [-0.39, 0.29) is 0 Å². The van der Waals surface area contributed by atoms with Gasteiger partial charge in [0.1, 0.15) is 12.4 Å². The van der Waals surface area contributed by atoms with Gasteiger partial charge in [-0.2, -0.15) is 0 Å². The molecule has 0 radical (unpaired) electrons. The van der Waals surface area contributed by atoms with Gasteiger partial charge in [-0.25, -0.2) is 9.13 Å². The van der Waals surface area contributed by atoms with Crippen molar-refractivity contribution in [3.05, 3.63) is 18.2 Å². The fourth-order valence-corrected chi connectivity index (χ4v) is 4.62. The van der Waals surface area contributed by atoms with Crippen molar-refractivity contribution in [1.29, 1.82) is 0 Å².